The van der Waals surface area contributed by atoms with E-state index < -0.39 is 43.3 Å². The minimum atomic E-state index is -4.23. The lowest BCUT2D eigenvalue weighted by Gasteiger charge is -2.43. The summed E-state index contributed by atoms with van der Waals surface area (Å²) in [6, 6.07) is 18.3. The Labute approximate surface area is 205 Å². The van der Waals surface area contributed by atoms with Crippen molar-refractivity contribution >= 4 is 27.4 Å². The van der Waals surface area contributed by atoms with Crippen molar-refractivity contribution in [3.8, 4) is 0 Å². The lowest BCUT2D eigenvalue weighted by Crippen LogP contribution is -2.43. The SMILES string of the molecule is O=C(/C=C1\CC(c2ccc([N+](=O)[O-])cc2[N+](=O)[O-])N1S(=O)(=O)c1ccccc1)OCc1ccccc1. The van der Waals surface area contributed by atoms with E-state index in [-0.39, 0.29) is 29.2 Å². The smallest absolute Gasteiger partial charge is 0.332 e. The Bertz CT molecular complexity index is 1460. The first-order chi connectivity index (χ1) is 17.2. The van der Waals surface area contributed by atoms with Crippen LogP contribution in [0.1, 0.15) is 23.6 Å². The van der Waals surface area contributed by atoms with Gasteiger partial charge in [-0.1, -0.05) is 48.5 Å². The predicted octanol–water partition coefficient (Wildman–Crippen LogP) is 4.27. The Morgan fingerprint density at radius 3 is 2.22 bits per heavy atom. The van der Waals surface area contributed by atoms with Crippen molar-refractivity contribution in [1.29, 1.82) is 0 Å². The molecule has 1 atom stereocenters. The number of hydrogen-bond acceptors (Lipinski definition) is 8. The average Bonchev–Trinajstić information content (AvgIpc) is 2.85. The van der Waals surface area contributed by atoms with E-state index in [1.54, 1.807) is 30.3 Å². The molecule has 12 heteroatoms. The minimum absolute atomic E-state index is 0.0217. The van der Waals surface area contributed by atoms with E-state index in [1.165, 1.54) is 30.3 Å². The van der Waals surface area contributed by atoms with E-state index in [4.69, 9.17) is 4.74 Å². The number of nitro benzene ring substituents is 2. The van der Waals surface area contributed by atoms with Crippen LogP contribution in [0.3, 0.4) is 0 Å². The third kappa shape index (κ3) is 4.93. The first-order valence-electron chi connectivity index (χ1n) is 10.6. The summed E-state index contributed by atoms with van der Waals surface area (Å²) in [6.07, 6.45) is 1.00. The molecular weight excluding hydrogens is 490 g/mol. The van der Waals surface area contributed by atoms with Crippen LogP contribution < -0.4 is 0 Å². The molecule has 3 aromatic carbocycles. The lowest BCUT2D eigenvalue weighted by molar-refractivity contribution is -0.394. The van der Waals surface area contributed by atoms with E-state index in [0.717, 1.165) is 28.1 Å². The molecule has 36 heavy (non-hydrogen) atoms. The average molecular weight is 509 g/mol. The van der Waals surface area contributed by atoms with Crippen molar-refractivity contribution in [1.82, 2.24) is 4.31 Å². The van der Waals surface area contributed by atoms with Gasteiger partial charge in [-0.15, -0.1) is 0 Å². The van der Waals surface area contributed by atoms with Crippen LogP contribution >= 0.6 is 0 Å². The molecule has 1 saturated heterocycles. The largest absolute Gasteiger partial charge is 0.458 e. The van der Waals surface area contributed by atoms with Gasteiger partial charge in [0.1, 0.15) is 6.61 Å². The molecule has 1 fully saturated rings. The van der Waals surface area contributed by atoms with E-state index in [9.17, 15) is 33.4 Å². The van der Waals surface area contributed by atoms with Gasteiger partial charge >= 0.3 is 5.97 Å². The second-order valence-electron chi connectivity index (χ2n) is 7.82. The maximum Gasteiger partial charge on any atom is 0.332 e. The van der Waals surface area contributed by atoms with Crippen LogP contribution in [0.2, 0.25) is 0 Å². The standard InChI is InChI=1S/C24H19N3O8S/c28-24(35-16-17-7-3-1-4-8-17)15-19-14-22(25(19)36(33,34)20-9-5-2-6-10-20)21-12-11-18(26(29)30)13-23(21)27(31)32/h1-13,15,22H,14,16H2/b19-15+. The molecule has 0 bridgehead atoms. The molecule has 184 valence electrons. The molecule has 0 amide bonds. The summed E-state index contributed by atoms with van der Waals surface area (Å²) in [5, 5.41) is 22.8. The van der Waals surface area contributed by atoms with Crippen LogP contribution in [0.5, 0.6) is 0 Å². The molecule has 1 aliphatic rings. The highest BCUT2D eigenvalue weighted by atomic mass is 32.2. The van der Waals surface area contributed by atoms with E-state index >= 15 is 0 Å². The van der Waals surface area contributed by atoms with Gasteiger partial charge in [0, 0.05) is 24.3 Å². The van der Waals surface area contributed by atoms with E-state index in [2.05, 4.69) is 0 Å². The summed E-state index contributed by atoms with van der Waals surface area (Å²) < 4.78 is 33.1. The molecule has 11 nitrogen and oxygen atoms in total. The van der Waals surface area contributed by atoms with Gasteiger partial charge in [0.25, 0.3) is 21.4 Å². The maximum absolute atomic E-state index is 13.5. The van der Waals surface area contributed by atoms with Gasteiger partial charge in [0.15, 0.2) is 0 Å². The number of benzene rings is 3. The molecule has 0 N–H and O–H groups in total. The summed E-state index contributed by atoms with van der Waals surface area (Å²) in [5.41, 5.74) is -0.295. The van der Waals surface area contributed by atoms with Crippen LogP contribution in [0.4, 0.5) is 11.4 Å². The zero-order valence-electron chi connectivity index (χ0n) is 18.6. The number of carbonyl (C=O) groups excluding carboxylic acids is 1. The molecule has 0 spiro atoms. The van der Waals surface area contributed by atoms with Crippen molar-refractivity contribution in [3.05, 3.63) is 122 Å². The molecule has 4 rings (SSSR count). The van der Waals surface area contributed by atoms with Crippen molar-refractivity contribution in [2.75, 3.05) is 0 Å². The number of ether oxygens (including phenoxy) is 1. The second-order valence-corrected chi connectivity index (χ2v) is 9.64. The number of rotatable bonds is 8. The molecule has 1 aliphatic heterocycles. The lowest BCUT2D eigenvalue weighted by atomic mass is 9.92. The summed E-state index contributed by atoms with van der Waals surface area (Å²) in [6.45, 7) is -0.0217. The Hall–Kier alpha value is -4.58. The van der Waals surface area contributed by atoms with E-state index in [0.29, 0.717) is 0 Å². The highest BCUT2D eigenvalue weighted by molar-refractivity contribution is 7.89. The van der Waals surface area contributed by atoms with Crippen molar-refractivity contribution in [2.24, 2.45) is 0 Å². The zero-order valence-corrected chi connectivity index (χ0v) is 19.4. The fourth-order valence-corrected chi connectivity index (χ4v) is 5.52. The van der Waals surface area contributed by atoms with Gasteiger partial charge in [0.05, 0.1) is 32.4 Å². The van der Waals surface area contributed by atoms with Crippen LogP contribution in [-0.2, 0) is 26.2 Å². The highest BCUT2D eigenvalue weighted by Crippen LogP contribution is 2.48. The van der Waals surface area contributed by atoms with Gasteiger partial charge in [-0.05, 0) is 23.8 Å². The van der Waals surface area contributed by atoms with Crippen molar-refractivity contribution in [3.63, 3.8) is 0 Å². The normalized spacial score (nSPS) is 16.3. The van der Waals surface area contributed by atoms with Crippen molar-refractivity contribution < 1.29 is 27.8 Å². The maximum atomic E-state index is 13.5. The van der Waals surface area contributed by atoms with Crippen LogP contribution in [0.15, 0.2) is 95.5 Å². The van der Waals surface area contributed by atoms with Gasteiger partial charge in [-0.3, -0.25) is 24.5 Å². The number of sulfonamides is 1. The molecular formula is C24H19N3O8S. The highest BCUT2D eigenvalue weighted by Gasteiger charge is 2.46. The number of esters is 1. The zero-order chi connectivity index (χ0) is 25.9. The molecule has 0 aromatic heterocycles. The summed E-state index contributed by atoms with van der Waals surface area (Å²) in [7, 11) is -4.23. The molecule has 0 radical (unpaired) electrons. The number of non-ortho nitro benzene ring substituents is 1. The summed E-state index contributed by atoms with van der Waals surface area (Å²) >= 11 is 0. The van der Waals surface area contributed by atoms with Gasteiger partial charge < -0.3 is 4.74 Å². The summed E-state index contributed by atoms with van der Waals surface area (Å²) in [4.78, 5) is 33.6. The number of carbonyl (C=O) groups is 1. The Balaban J connectivity index is 1.70. The molecule has 0 aliphatic carbocycles. The monoisotopic (exact) mass is 509 g/mol. The third-order valence-electron chi connectivity index (χ3n) is 5.56. The third-order valence-corrected chi connectivity index (χ3v) is 7.43. The van der Waals surface area contributed by atoms with E-state index in [1.807, 2.05) is 6.07 Å². The van der Waals surface area contributed by atoms with Gasteiger partial charge in [-0.2, -0.15) is 0 Å². The quantitative estimate of drug-likeness (QED) is 0.189. The van der Waals surface area contributed by atoms with Gasteiger partial charge in [0.2, 0.25) is 0 Å². The second kappa shape index (κ2) is 9.96. The molecule has 1 unspecified atom stereocenters. The Kier molecular flexibility index (Phi) is 6.79. The number of nitrogens with zero attached hydrogens (tertiary/aromatic N) is 3. The van der Waals surface area contributed by atoms with Gasteiger partial charge in [-0.25, -0.2) is 13.2 Å². The van der Waals surface area contributed by atoms with Crippen LogP contribution in [0, 0.1) is 20.2 Å². The van der Waals surface area contributed by atoms with Crippen LogP contribution in [0.25, 0.3) is 0 Å². The Morgan fingerprint density at radius 1 is 0.972 bits per heavy atom. The fraction of sp³-hybridized carbons (Fsp3) is 0.125. The van der Waals surface area contributed by atoms with Crippen LogP contribution in [-0.4, -0.2) is 28.5 Å². The molecule has 1 heterocycles. The molecule has 3 aromatic rings. The molecule has 0 saturated carbocycles. The predicted molar refractivity (Wildman–Crippen MR) is 127 cm³/mol. The first kappa shape index (κ1) is 24.5. The fourth-order valence-electron chi connectivity index (χ4n) is 3.84. The summed E-state index contributed by atoms with van der Waals surface area (Å²) in [5.74, 6) is -0.779. The number of hydrogen-bond donors (Lipinski definition) is 0. The number of nitro groups is 2. The Morgan fingerprint density at radius 2 is 1.61 bits per heavy atom. The minimum Gasteiger partial charge on any atom is -0.458 e. The van der Waals surface area contributed by atoms with Crippen molar-refractivity contribution in [2.45, 2.75) is 24.0 Å². The first-order valence-corrected chi connectivity index (χ1v) is 12.1. The topological polar surface area (TPSA) is 150 Å².